The number of hydrogen-bond donors (Lipinski definition) is 0. The summed E-state index contributed by atoms with van der Waals surface area (Å²) in [5, 5.41) is 2.63. The molecule has 1 heterocycles. The number of thioether (sulfide) groups is 1. The Morgan fingerprint density at radius 1 is 1.28 bits per heavy atom. The minimum absolute atomic E-state index is 1.06. The van der Waals surface area contributed by atoms with Gasteiger partial charge in [0.05, 0.1) is 0 Å². The van der Waals surface area contributed by atoms with E-state index < -0.39 is 0 Å². The highest BCUT2D eigenvalue weighted by atomic mass is 32.2. The third-order valence-corrected chi connectivity index (χ3v) is 4.13. The quantitative estimate of drug-likeness (QED) is 0.766. The van der Waals surface area contributed by atoms with Crippen molar-refractivity contribution in [3.05, 3.63) is 36.2 Å². The third-order valence-electron chi connectivity index (χ3n) is 3.35. The minimum atomic E-state index is 1.06. The van der Waals surface area contributed by atoms with Crippen molar-refractivity contribution in [1.29, 1.82) is 0 Å². The van der Waals surface area contributed by atoms with Crippen LogP contribution in [0.3, 0.4) is 0 Å². The lowest BCUT2D eigenvalue weighted by Gasteiger charge is -2.15. The van der Waals surface area contributed by atoms with Gasteiger partial charge in [0.15, 0.2) is 0 Å². The van der Waals surface area contributed by atoms with E-state index in [2.05, 4.69) is 48.3 Å². The van der Waals surface area contributed by atoms with Crippen LogP contribution in [-0.4, -0.2) is 36.3 Å². The van der Waals surface area contributed by atoms with E-state index in [1.54, 1.807) is 0 Å². The second-order valence-corrected chi connectivity index (χ2v) is 5.35. The molecular formula is C15H20N2S. The molecule has 0 saturated carbocycles. The van der Waals surface area contributed by atoms with Crippen LogP contribution in [-0.2, 0) is 6.42 Å². The van der Waals surface area contributed by atoms with Gasteiger partial charge in [-0.3, -0.25) is 4.98 Å². The first-order valence-electron chi connectivity index (χ1n) is 6.34. The van der Waals surface area contributed by atoms with Crippen LogP contribution in [0.5, 0.6) is 0 Å². The van der Waals surface area contributed by atoms with Crippen LogP contribution in [0, 0.1) is 0 Å². The maximum Gasteiger partial charge on any atom is 0.0346 e. The number of aromatic nitrogens is 1. The van der Waals surface area contributed by atoms with Gasteiger partial charge in [-0.05, 0) is 37.9 Å². The molecule has 2 rings (SSSR count). The van der Waals surface area contributed by atoms with Crippen molar-refractivity contribution in [1.82, 2.24) is 9.88 Å². The maximum absolute atomic E-state index is 4.36. The molecule has 2 aromatic rings. The van der Waals surface area contributed by atoms with Gasteiger partial charge in [-0.2, -0.15) is 0 Å². The average Bonchev–Trinajstić information content (AvgIpc) is 2.43. The highest BCUT2D eigenvalue weighted by Crippen LogP contribution is 2.28. The smallest absolute Gasteiger partial charge is 0.0346 e. The van der Waals surface area contributed by atoms with Gasteiger partial charge in [-0.15, -0.1) is 11.8 Å². The molecule has 2 nitrogen and oxygen atoms in total. The summed E-state index contributed by atoms with van der Waals surface area (Å²) in [5.41, 5.74) is 1.36. The lowest BCUT2D eigenvalue weighted by molar-refractivity contribution is 0.358. The van der Waals surface area contributed by atoms with Crippen LogP contribution >= 0.6 is 11.8 Å². The van der Waals surface area contributed by atoms with Crippen LogP contribution in [0.25, 0.3) is 10.8 Å². The number of rotatable bonds is 5. The summed E-state index contributed by atoms with van der Waals surface area (Å²) in [4.78, 5) is 8.05. The number of hydrogen-bond acceptors (Lipinski definition) is 3. The van der Waals surface area contributed by atoms with Crippen molar-refractivity contribution < 1.29 is 0 Å². The molecule has 0 aliphatic heterocycles. The molecular weight excluding hydrogens is 240 g/mol. The Labute approximate surface area is 113 Å². The van der Waals surface area contributed by atoms with Gasteiger partial charge < -0.3 is 4.90 Å². The molecule has 0 aliphatic rings. The van der Waals surface area contributed by atoms with E-state index >= 15 is 0 Å². The molecule has 18 heavy (non-hydrogen) atoms. The van der Waals surface area contributed by atoms with E-state index in [4.69, 9.17) is 0 Å². The Morgan fingerprint density at radius 3 is 2.83 bits per heavy atom. The topological polar surface area (TPSA) is 16.1 Å². The first-order valence-corrected chi connectivity index (χ1v) is 7.57. The Morgan fingerprint density at radius 2 is 2.11 bits per heavy atom. The zero-order valence-corrected chi connectivity index (χ0v) is 12.1. The molecule has 0 atom stereocenters. The molecule has 0 N–H and O–H groups in total. The molecule has 0 amide bonds. The fourth-order valence-electron chi connectivity index (χ4n) is 2.10. The van der Waals surface area contributed by atoms with E-state index in [9.17, 15) is 0 Å². The van der Waals surface area contributed by atoms with Gasteiger partial charge in [0.25, 0.3) is 0 Å². The van der Waals surface area contributed by atoms with Crippen molar-refractivity contribution in [2.45, 2.75) is 18.2 Å². The van der Waals surface area contributed by atoms with Crippen molar-refractivity contribution >= 4 is 22.5 Å². The van der Waals surface area contributed by atoms with E-state index in [1.165, 1.54) is 21.2 Å². The third kappa shape index (κ3) is 2.85. The van der Waals surface area contributed by atoms with Crippen molar-refractivity contribution in [3.8, 4) is 0 Å². The molecule has 3 heteroatoms. The molecule has 0 bridgehead atoms. The Kier molecular flexibility index (Phi) is 4.61. The summed E-state index contributed by atoms with van der Waals surface area (Å²) >= 11 is 1.81. The van der Waals surface area contributed by atoms with Gasteiger partial charge in [-0.1, -0.05) is 19.1 Å². The van der Waals surface area contributed by atoms with E-state index in [-0.39, 0.29) is 0 Å². The monoisotopic (exact) mass is 260 g/mol. The molecule has 0 aliphatic carbocycles. The van der Waals surface area contributed by atoms with Crippen molar-refractivity contribution in [2.75, 3.05) is 26.4 Å². The Bertz CT molecular complexity index is 520. The molecule has 0 spiro atoms. The van der Waals surface area contributed by atoms with Gasteiger partial charge in [0.1, 0.15) is 0 Å². The highest BCUT2D eigenvalue weighted by molar-refractivity contribution is 7.98. The normalized spacial score (nSPS) is 11.3. The number of fused-ring (bicyclic) bond motifs is 1. The van der Waals surface area contributed by atoms with Gasteiger partial charge in [0, 0.05) is 34.6 Å². The summed E-state index contributed by atoms with van der Waals surface area (Å²) in [6.07, 6.45) is 7.18. The van der Waals surface area contributed by atoms with Crippen LogP contribution in [0.15, 0.2) is 35.5 Å². The predicted molar refractivity (Wildman–Crippen MR) is 80.4 cm³/mol. The van der Waals surface area contributed by atoms with E-state index in [0.29, 0.717) is 0 Å². The number of nitrogens with zero attached hydrogens (tertiary/aromatic N) is 2. The molecule has 0 saturated heterocycles. The average molecular weight is 260 g/mol. The van der Waals surface area contributed by atoms with Crippen LogP contribution < -0.4 is 0 Å². The number of pyridine rings is 1. The number of benzene rings is 1. The summed E-state index contributed by atoms with van der Waals surface area (Å²) in [6, 6.07) is 6.45. The molecule has 0 radical (unpaired) electrons. The van der Waals surface area contributed by atoms with Gasteiger partial charge in [0.2, 0.25) is 0 Å². The lowest BCUT2D eigenvalue weighted by atomic mass is 10.1. The van der Waals surface area contributed by atoms with Gasteiger partial charge >= 0.3 is 0 Å². The molecule has 1 aromatic carbocycles. The summed E-state index contributed by atoms with van der Waals surface area (Å²) in [6.45, 7) is 4.36. The molecule has 96 valence electrons. The fraction of sp³-hybridized carbons (Fsp3) is 0.400. The molecule has 1 aromatic heterocycles. The van der Waals surface area contributed by atoms with E-state index in [0.717, 1.165) is 19.5 Å². The van der Waals surface area contributed by atoms with Crippen LogP contribution in [0.1, 0.15) is 12.5 Å². The second kappa shape index (κ2) is 6.21. The Hall–Kier alpha value is -1.06. The van der Waals surface area contributed by atoms with E-state index in [1.807, 2.05) is 24.2 Å². The summed E-state index contributed by atoms with van der Waals surface area (Å²) in [7, 11) is 2.16. The summed E-state index contributed by atoms with van der Waals surface area (Å²) < 4.78 is 0. The highest BCUT2D eigenvalue weighted by Gasteiger charge is 2.07. The fourth-order valence-corrected chi connectivity index (χ4v) is 2.77. The van der Waals surface area contributed by atoms with Crippen molar-refractivity contribution in [2.24, 2.45) is 0 Å². The van der Waals surface area contributed by atoms with Gasteiger partial charge in [-0.25, -0.2) is 0 Å². The first kappa shape index (κ1) is 13.4. The number of likely N-dealkylation sites (N-methyl/N-ethyl adjacent to an activating group) is 1. The molecule has 0 unspecified atom stereocenters. The largest absolute Gasteiger partial charge is 0.306 e. The van der Waals surface area contributed by atoms with Crippen LogP contribution in [0.4, 0.5) is 0 Å². The maximum atomic E-state index is 4.36. The van der Waals surface area contributed by atoms with Crippen LogP contribution in [0.2, 0.25) is 0 Å². The Balaban J connectivity index is 2.37. The zero-order chi connectivity index (χ0) is 13.0. The minimum Gasteiger partial charge on any atom is -0.306 e. The lowest BCUT2D eigenvalue weighted by Crippen LogP contribution is -2.20. The zero-order valence-electron chi connectivity index (χ0n) is 11.3. The standard InChI is InChI=1S/C15H20N2S/c1-4-17(2)9-8-13-11-16-10-12-6-5-7-14(18-3)15(12)13/h5-7,10-11H,4,8-9H2,1-3H3. The summed E-state index contributed by atoms with van der Waals surface area (Å²) in [5.74, 6) is 0. The molecule has 0 fully saturated rings. The first-order chi connectivity index (χ1) is 8.76. The van der Waals surface area contributed by atoms with Crippen molar-refractivity contribution in [3.63, 3.8) is 0 Å². The second-order valence-electron chi connectivity index (χ2n) is 4.50. The predicted octanol–water partition coefficient (Wildman–Crippen LogP) is 3.45. The SMILES string of the molecule is CCN(C)CCc1cncc2cccc(SC)c12.